The Bertz CT molecular complexity index is 461. The van der Waals surface area contributed by atoms with E-state index in [1.54, 1.807) is 0 Å². The number of hydrogen-bond acceptors (Lipinski definition) is 5. The highest BCUT2D eigenvalue weighted by molar-refractivity contribution is 6.39. The zero-order chi connectivity index (χ0) is 14.2. The van der Waals surface area contributed by atoms with E-state index in [-0.39, 0.29) is 37.4 Å². The van der Waals surface area contributed by atoms with Crippen molar-refractivity contribution in [3.8, 4) is 0 Å². The number of rotatable bonds is 2. The second kappa shape index (κ2) is 4.96. The molecule has 0 aliphatic carbocycles. The van der Waals surface area contributed by atoms with Crippen LogP contribution < -0.4 is 0 Å². The van der Waals surface area contributed by atoms with Crippen LogP contribution in [0.25, 0.3) is 0 Å². The molecule has 2 rings (SSSR count). The lowest BCUT2D eigenvalue weighted by molar-refractivity contribution is -0.146. The first-order valence-electron chi connectivity index (χ1n) is 5.96. The Morgan fingerprint density at radius 3 is 2.63 bits per heavy atom. The van der Waals surface area contributed by atoms with Crippen LogP contribution in [0, 0.1) is 0 Å². The molecule has 2 aliphatic rings. The van der Waals surface area contributed by atoms with Gasteiger partial charge in [0.05, 0.1) is 6.10 Å². The molecule has 19 heavy (non-hydrogen) atoms. The molecule has 0 spiro atoms. The maximum absolute atomic E-state index is 12.2. The molecular weight excluding hydrogens is 254 g/mol. The highest BCUT2D eigenvalue weighted by Gasteiger charge is 2.40. The fourth-order valence-corrected chi connectivity index (χ4v) is 2.26. The summed E-state index contributed by atoms with van der Waals surface area (Å²) in [7, 11) is 1.45. The topological polar surface area (TPSA) is 111 Å². The van der Waals surface area contributed by atoms with Crippen molar-refractivity contribution in [3.63, 3.8) is 0 Å². The van der Waals surface area contributed by atoms with Crippen molar-refractivity contribution in [2.24, 2.45) is 5.10 Å². The number of β-amino-alcohol motifs (C(OH)–C–C–N with tert-alkyl or cyclic N) is 1. The van der Waals surface area contributed by atoms with E-state index in [0.29, 0.717) is 0 Å². The Morgan fingerprint density at radius 1 is 1.37 bits per heavy atom. The number of nitrogens with zero attached hydrogens (tertiary/aromatic N) is 3. The van der Waals surface area contributed by atoms with E-state index in [1.807, 2.05) is 0 Å². The van der Waals surface area contributed by atoms with Crippen LogP contribution in [-0.4, -0.2) is 69.4 Å². The number of aliphatic hydroxyl groups is 1. The smallest absolute Gasteiger partial charge is 0.326 e. The second-order valence-electron chi connectivity index (χ2n) is 4.67. The molecule has 104 valence electrons. The van der Waals surface area contributed by atoms with E-state index in [1.165, 1.54) is 7.05 Å². The molecule has 0 aromatic rings. The van der Waals surface area contributed by atoms with Gasteiger partial charge < -0.3 is 15.1 Å². The molecule has 2 heterocycles. The Labute approximate surface area is 109 Å². The first kappa shape index (κ1) is 13.5. The van der Waals surface area contributed by atoms with Gasteiger partial charge in [-0.25, -0.2) is 9.80 Å². The van der Waals surface area contributed by atoms with Gasteiger partial charge in [0.1, 0.15) is 11.8 Å². The van der Waals surface area contributed by atoms with E-state index >= 15 is 0 Å². The summed E-state index contributed by atoms with van der Waals surface area (Å²) in [6.45, 7) is -0.0213. The zero-order valence-corrected chi connectivity index (χ0v) is 10.4. The van der Waals surface area contributed by atoms with Crippen molar-refractivity contribution in [1.29, 1.82) is 0 Å². The Balaban J connectivity index is 2.17. The number of carboxylic acids is 1. The lowest BCUT2D eigenvalue weighted by Gasteiger charge is -2.25. The molecule has 0 aromatic heterocycles. The Morgan fingerprint density at radius 2 is 2.05 bits per heavy atom. The number of aliphatic carboxylic acids is 1. The standard InChI is InChI=1S/C11H15N3O5/c1-13-9(16)3-2-7(12-13)10(17)14-5-6(15)4-8(14)11(18)19/h6,8,15H,2-5H2,1H3,(H,18,19)/t6-,8-/m0/s1. The van der Waals surface area contributed by atoms with Crippen molar-refractivity contribution in [2.75, 3.05) is 13.6 Å². The van der Waals surface area contributed by atoms with Crippen LogP contribution in [0.4, 0.5) is 0 Å². The van der Waals surface area contributed by atoms with E-state index in [2.05, 4.69) is 5.10 Å². The zero-order valence-electron chi connectivity index (χ0n) is 10.4. The molecule has 0 unspecified atom stereocenters. The van der Waals surface area contributed by atoms with Crippen LogP contribution in [0.15, 0.2) is 5.10 Å². The summed E-state index contributed by atoms with van der Waals surface area (Å²) in [5, 5.41) is 23.5. The molecule has 2 aliphatic heterocycles. The average Bonchev–Trinajstić information content (AvgIpc) is 2.74. The summed E-state index contributed by atoms with van der Waals surface area (Å²) in [4.78, 5) is 35.6. The average molecular weight is 269 g/mol. The first-order valence-corrected chi connectivity index (χ1v) is 5.96. The van der Waals surface area contributed by atoms with Crippen LogP contribution >= 0.6 is 0 Å². The van der Waals surface area contributed by atoms with Gasteiger partial charge in [-0.1, -0.05) is 0 Å². The molecule has 8 heteroatoms. The maximum atomic E-state index is 12.2. The van der Waals surface area contributed by atoms with E-state index < -0.39 is 24.0 Å². The predicted octanol–water partition coefficient (Wildman–Crippen LogP) is -1.36. The lowest BCUT2D eigenvalue weighted by atomic mass is 10.1. The van der Waals surface area contributed by atoms with Gasteiger partial charge in [0.2, 0.25) is 5.91 Å². The highest BCUT2D eigenvalue weighted by Crippen LogP contribution is 2.20. The summed E-state index contributed by atoms with van der Waals surface area (Å²) in [5.74, 6) is -1.86. The van der Waals surface area contributed by atoms with Crippen molar-refractivity contribution >= 4 is 23.5 Å². The molecular formula is C11H15N3O5. The molecule has 1 saturated heterocycles. The molecule has 1 fully saturated rings. The highest BCUT2D eigenvalue weighted by atomic mass is 16.4. The summed E-state index contributed by atoms with van der Waals surface area (Å²) in [6, 6.07) is -1.03. The quantitative estimate of drug-likeness (QED) is 0.643. The number of carboxylic acid groups (broad SMARTS) is 1. The molecule has 0 saturated carbocycles. The number of aliphatic hydroxyl groups excluding tert-OH is 1. The fraction of sp³-hybridized carbons (Fsp3) is 0.636. The molecule has 0 bridgehead atoms. The Kier molecular flexibility index (Phi) is 3.52. The number of hydrazone groups is 1. The normalized spacial score (nSPS) is 27.5. The summed E-state index contributed by atoms with van der Waals surface area (Å²) in [5.41, 5.74) is 0.155. The minimum atomic E-state index is -1.15. The van der Waals surface area contributed by atoms with Crippen LogP contribution in [0.2, 0.25) is 0 Å². The third kappa shape index (κ3) is 2.58. The van der Waals surface area contributed by atoms with Crippen molar-refractivity contribution < 1.29 is 24.6 Å². The number of likely N-dealkylation sites (tertiary alicyclic amines) is 1. The molecule has 2 atom stereocenters. The number of carbonyl (C=O) groups excluding carboxylic acids is 2. The third-order valence-electron chi connectivity index (χ3n) is 3.28. The number of amides is 2. The van der Waals surface area contributed by atoms with Crippen LogP contribution in [0.3, 0.4) is 0 Å². The predicted molar refractivity (Wildman–Crippen MR) is 63.2 cm³/mol. The van der Waals surface area contributed by atoms with E-state index in [0.717, 1.165) is 9.91 Å². The monoisotopic (exact) mass is 269 g/mol. The maximum Gasteiger partial charge on any atom is 0.326 e. The van der Waals surface area contributed by atoms with Gasteiger partial charge in [-0.2, -0.15) is 5.10 Å². The summed E-state index contributed by atoms with van der Waals surface area (Å²) < 4.78 is 0. The van der Waals surface area contributed by atoms with Gasteiger partial charge in [-0.15, -0.1) is 0 Å². The minimum absolute atomic E-state index is 0.0170. The van der Waals surface area contributed by atoms with Gasteiger partial charge in [0.25, 0.3) is 5.91 Å². The molecule has 8 nitrogen and oxygen atoms in total. The second-order valence-corrected chi connectivity index (χ2v) is 4.67. The van der Waals surface area contributed by atoms with Gasteiger partial charge in [0, 0.05) is 32.9 Å². The molecule has 2 N–H and O–H groups in total. The number of hydrogen-bond donors (Lipinski definition) is 2. The van der Waals surface area contributed by atoms with Gasteiger partial charge >= 0.3 is 5.97 Å². The minimum Gasteiger partial charge on any atom is -0.480 e. The lowest BCUT2D eigenvalue weighted by Crippen LogP contribution is -2.46. The molecule has 2 amide bonds. The summed E-state index contributed by atoms with van der Waals surface area (Å²) in [6.07, 6.45) is -0.451. The largest absolute Gasteiger partial charge is 0.480 e. The first-order chi connectivity index (χ1) is 8.90. The molecule has 0 radical (unpaired) electrons. The molecule has 0 aromatic carbocycles. The van der Waals surface area contributed by atoms with E-state index in [9.17, 15) is 19.5 Å². The summed E-state index contributed by atoms with van der Waals surface area (Å²) >= 11 is 0. The van der Waals surface area contributed by atoms with E-state index in [4.69, 9.17) is 5.11 Å². The SMILES string of the molecule is CN1N=C(C(=O)N2C[C@@H](O)C[C@H]2C(=O)O)CCC1=O. The fourth-order valence-electron chi connectivity index (χ4n) is 2.26. The van der Waals surface area contributed by atoms with Gasteiger partial charge in [-0.05, 0) is 0 Å². The van der Waals surface area contributed by atoms with Crippen LogP contribution in [0.5, 0.6) is 0 Å². The van der Waals surface area contributed by atoms with Crippen molar-refractivity contribution in [2.45, 2.75) is 31.4 Å². The van der Waals surface area contributed by atoms with Gasteiger partial charge in [-0.3, -0.25) is 9.59 Å². The van der Waals surface area contributed by atoms with Crippen molar-refractivity contribution in [3.05, 3.63) is 0 Å². The Hall–Kier alpha value is -1.96. The van der Waals surface area contributed by atoms with Crippen LogP contribution in [-0.2, 0) is 14.4 Å². The van der Waals surface area contributed by atoms with Crippen LogP contribution in [0.1, 0.15) is 19.3 Å². The number of carbonyl (C=O) groups is 3. The third-order valence-corrected chi connectivity index (χ3v) is 3.28. The van der Waals surface area contributed by atoms with Crippen molar-refractivity contribution in [1.82, 2.24) is 9.91 Å². The van der Waals surface area contributed by atoms with Gasteiger partial charge in [0.15, 0.2) is 0 Å².